The van der Waals surface area contributed by atoms with E-state index in [1.54, 1.807) is 6.92 Å². The molecule has 0 aliphatic heterocycles. The van der Waals surface area contributed by atoms with Crippen LogP contribution in [0.15, 0.2) is 41.3 Å². The first kappa shape index (κ1) is 22.5. The minimum Gasteiger partial charge on any atom is -0.492 e. The highest BCUT2D eigenvalue weighted by molar-refractivity contribution is 7.90. The van der Waals surface area contributed by atoms with Gasteiger partial charge in [0.15, 0.2) is 9.84 Å². The summed E-state index contributed by atoms with van der Waals surface area (Å²) in [5.74, 6) is -1.37. The molecule has 0 saturated carbocycles. The molecule has 0 saturated heterocycles. The normalized spacial score (nSPS) is 12.2. The van der Waals surface area contributed by atoms with Crippen LogP contribution >= 0.6 is 0 Å². The smallest absolute Gasteiger partial charge is 0.416 e. The van der Waals surface area contributed by atoms with Crippen molar-refractivity contribution in [1.29, 1.82) is 0 Å². The molecule has 1 heterocycles. The van der Waals surface area contributed by atoms with E-state index >= 15 is 0 Å². The average molecular weight is 453 g/mol. The number of ether oxygens (including phenoxy) is 1. The predicted molar refractivity (Wildman–Crippen MR) is 108 cm³/mol. The molecule has 1 aromatic heterocycles. The summed E-state index contributed by atoms with van der Waals surface area (Å²) < 4.78 is 69.3. The van der Waals surface area contributed by atoms with Crippen molar-refractivity contribution in [1.82, 2.24) is 4.98 Å². The summed E-state index contributed by atoms with van der Waals surface area (Å²) in [6, 6.07) is 6.87. The number of benzene rings is 2. The van der Waals surface area contributed by atoms with Crippen LogP contribution in [0.5, 0.6) is 5.75 Å². The topological polar surface area (TPSA) is 93.6 Å². The maximum atomic E-state index is 13.2. The highest BCUT2D eigenvalue weighted by atomic mass is 32.2. The lowest BCUT2D eigenvalue weighted by Crippen LogP contribution is -2.09. The molecule has 0 fully saturated rings. The standard InChI is InChI=1S/C21H18F3NO5S/c1-4-30-16-10-15-14(9-17(16)31(3,28)29)18(20(26)27)11(2)19(25-15)12-6-5-7-13(8-12)21(22,23)24/h5-10H,4H2,1-3H3,(H,26,27). The Morgan fingerprint density at radius 3 is 2.42 bits per heavy atom. The Hall–Kier alpha value is -3.14. The van der Waals surface area contributed by atoms with Gasteiger partial charge in [-0.15, -0.1) is 0 Å². The van der Waals surface area contributed by atoms with Gasteiger partial charge in [-0.1, -0.05) is 12.1 Å². The van der Waals surface area contributed by atoms with Crippen molar-refractivity contribution in [3.05, 3.63) is 53.1 Å². The number of alkyl halides is 3. The van der Waals surface area contributed by atoms with Gasteiger partial charge in [-0.25, -0.2) is 18.2 Å². The second-order valence-corrected chi connectivity index (χ2v) is 8.85. The van der Waals surface area contributed by atoms with E-state index in [0.717, 1.165) is 18.4 Å². The molecule has 3 rings (SSSR count). The van der Waals surface area contributed by atoms with Crippen molar-refractivity contribution in [2.45, 2.75) is 24.9 Å². The lowest BCUT2D eigenvalue weighted by Gasteiger charge is -2.16. The fourth-order valence-corrected chi connectivity index (χ4v) is 4.14. The van der Waals surface area contributed by atoms with Gasteiger partial charge in [0, 0.05) is 23.3 Å². The van der Waals surface area contributed by atoms with Gasteiger partial charge >= 0.3 is 12.1 Å². The molecule has 0 atom stereocenters. The molecule has 0 spiro atoms. The molecule has 0 bridgehead atoms. The van der Waals surface area contributed by atoms with E-state index < -0.39 is 27.5 Å². The van der Waals surface area contributed by atoms with E-state index in [1.807, 2.05) is 0 Å². The van der Waals surface area contributed by atoms with Crippen LogP contribution in [0.4, 0.5) is 13.2 Å². The van der Waals surface area contributed by atoms with Crippen LogP contribution in [0, 0.1) is 6.92 Å². The number of hydrogen-bond donors (Lipinski definition) is 1. The minimum atomic E-state index is -4.58. The number of carboxylic acids is 1. The third kappa shape index (κ3) is 4.34. The Kier molecular flexibility index (Phi) is 5.70. The van der Waals surface area contributed by atoms with E-state index in [0.29, 0.717) is 0 Å². The zero-order valence-electron chi connectivity index (χ0n) is 16.7. The van der Waals surface area contributed by atoms with Crippen LogP contribution in [0.2, 0.25) is 0 Å². The SMILES string of the molecule is CCOc1cc2nc(-c3cccc(C(F)(F)F)c3)c(C)c(C(=O)O)c2cc1S(C)(=O)=O. The Balaban J connectivity index is 2.41. The molecule has 10 heteroatoms. The Bertz CT molecular complexity index is 1300. The number of nitrogens with zero attached hydrogens (tertiary/aromatic N) is 1. The molecule has 6 nitrogen and oxygen atoms in total. The number of rotatable bonds is 5. The third-order valence-electron chi connectivity index (χ3n) is 4.67. The van der Waals surface area contributed by atoms with E-state index in [4.69, 9.17) is 4.74 Å². The zero-order valence-corrected chi connectivity index (χ0v) is 17.6. The van der Waals surface area contributed by atoms with Crippen LogP contribution < -0.4 is 4.74 Å². The van der Waals surface area contributed by atoms with Crippen LogP contribution in [0.1, 0.15) is 28.4 Å². The van der Waals surface area contributed by atoms with Gasteiger partial charge in [0.1, 0.15) is 10.6 Å². The summed E-state index contributed by atoms with van der Waals surface area (Å²) in [4.78, 5) is 16.2. The Labute approximate surface area is 176 Å². The summed E-state index contributed by atoms with van der Waals surface area (Å²) in [6.07, 6.45) is -3.61. The van der Waals surface area contributed by atoms with Crippen molar-refractivity contribution < 1.29 is 36.2 Å². The van der Waals surface area contributed by atoms with Crippen molar-refractivity contribution >= 4 is 26.7 Å². The Morgan fingerprint density at radius 2 is 1.87 bits per heavy atom. The summed E-state index contributed by atoms with van der Waals surface area (Å²) in [5.41, 5.74) is -0.808. The van der Waals surface area contributed by atoms with Crippen molar-refractivity contribution in [2.75, 3.05) is 12.9 Å². The maximum absolute atomic E-state index is 13.2. The average Bonchev–Trinajstić information content (AvgIpc) is 2.65. The predicted octanol–water partition coefficient (Wildman–Crippen LogP) is 4.73. The van der Waals surface area contributed by atoms with Crippen LogP contribution in [0.3, 0.4) is 0 Å². The molecule has 31 heavy (non-hydrogen) atoms. The molecule has 1 N–H and O–H groups in total. The van der Waals surface area contributed by atoms with Crippen LogP contribution in [0.25, 0.3) is 22.2 Å². The van der Waals surface area contributed by atoms with Crippen molar-refractivity contribution in [3.8, 4) is 17.0 Å². The van der Waals surface area contributed by atoms with E-state index in [9.17, 15) is 31.5 Å². The molecule has 0 unspecified atom stereocenters. The first-order valence-electron chi connectivity index (χ1n) is 9.06. The monoisotopic (exact) mass is 453 g/mol. The number of aromatic nitrogens is 1. The second kappa shape index (κ2) is 7.84. The van der Waals surface area contributed by atoms with Gasteiger partial charge in [0.05, 0.1) is 28.9 Å². The number of sulfone groups is 1. The van der Waals surface area contributed by atoms with Crippen molar-refractivity contribution in [3.63, 3.8) is 0 Å². The molecule has 2 aromatic carbocycles. The summed E-state index contributed by atoms with van der Waals surface area (Å²) in [5, 5.41) is 9.84. The Morgan fingerprint density at radius 1 is 1.19 bits per heavy atom. The molecule has 164 valence electrons. The van der Waals surface area contributed by atoms with E-state index in [2.05, 4.69) is 4.98 Å². The number of carboxylic acid groups (broad SMARTS) is 1. The van der Waals surface area contributed by atoms with Crippen LogP contribution in [-0.4, -0.2) is 37.3 Å². The fourth-order valence-electron chi connectivity index (χ4n) is 3.32. The van der Waals surface area contributed by atoms with Gasteiger partial charge in [-0.2, -0.15) is 13.2 Å². The molecular formula is C21H18F3NO5S. The number of carbonyl (C=O) groups is 1. The molecule has 0 radical (unpaired) electrons. The minimum absolute atomic E-state index is 0.0137. The second-order valence-electron chi connectivity index (χ2n) is 6.87. The number of halogens is 3. The number of pyridine rings is 1. The molecule has 0 aliphatic carbocycles. The first-order chi connectivity index (χ1) is 14.3. The molecule has 0 aliphatic rings. The van der Waals surface area contributed by atoms with Crippen molar-refractivity contribution in [2.24, 2.45) is 0 Å². The highest BCUT2D eigenvalue weighted by Gasteiger charge is 2.31. The van der Waals surface area contributed by atoms with Gasteiger partial charge in [0.25, 0.3) is 0 Å². The lowest BCUT2D eigenvalue weighted by atomic mass is 9.96. The van der Waals surface area contributed by atoms with Gasteiger partial charge in [-0.05, 0) is 37.6 Å². The lowest BCUT2D eigenvalue weighted by molar-refractivity contribution is -0.137. The van der Waals surface area contributed by atoms with Gasteiger partial charge < -0.3 is 9.84 Å². The number of aromatic carboxylic acids is 1. The summed E-state index contributed by atoms with van der Waals surface area (Å²) >= 11 is 0. The third-order valence-corrected chi connectivity index (χ3v) is 5.79. The van der Waals surface area contributed by atoms with E-state index in [1.165, 1.54) is 31.2 Å². The summed E-state index contributed by atoms with van der Waals surface area (Å²) in [6.45, 7) is 3.21. The largest absolute Gasteiger partial charge is 0.492 e. The zero-order chi connectivity index (χ0) is 23.1. The quantitative estimate of drug-likeness (QED) is 0.600. The van der Waals surface area contributed by atoms with E-state index in [-0.39, 0.29) is 50.5 Å². The summed E-state index contributed by atoms with van der Waals surface area (Å²) in [7, 11) is -3.76. The number of fused-ring (bicyclic) bond motifs is 1. The van der Waals surface area contributed by atoms with Crippen LogP contribution in [-0.2, 0) is 16.0 Å². The van der Waals surface area contributed by atoms with Gasteiger partial charge in [-0.3, -0.25) is 0 Å². The van der Waals surface area contributed by atoms with Gasteiger partial charge in [0.2, 0.25) is 0 Å². The fraction of sp³-hybridized carbons (Fsp3) is 0.238. The maximum Gasteiger partial charge on any atom is 0.416 e. The number of hydrogen-bond acceptors (Lipinski definition) is 5. The molecule has 0 amide bonds. The first-order valence-corrected chi connectivity index (χ1v) is 11.0. The highest BCUT2D eigenvalue weighted by Crippen LogP contribution is 2.37. The molecular weight excluding hydrogens is 435 g/mol. The molecule has 3 aromatic rings.